The Labute approximate surface area is 175 Å². The maximum Gasteiger partial charge on any atom is 0.339 e. The number of esters is 1. The van der Waals surface area contributed by atoms with E-state index in [2.05, 4.69) is 10.3 Å². The van der Waals surface area contributed by atoms with Crippen LogP contribution in [0.4, 0.5) is 5.69 Å². The molecule has 1 amide bonds. The van der Waals surface area contributed by atoms with Crippen molar-refractivity contribution in [3.8, 4) is 0 Å². The van der Waals surface area contributed by atoms with E-state index in [1.807, 2.05) is 0 Å². The van der Waals surface area contributed by atoms with Crippen molar-refractivity contribution in [2.24, 2.45) is 7.05 Å². The fourth-order valence-electron chi connectivity index (χ4n) is 3.01. The first-order chi connectivity index (χ1) is 14.2. The predicted octanol–water partition coefficient (Wildman–Crippen LogP) is 1.87. The number of halogens is 1. The van der Waals surface area contributed by atoms with Crippen LogP contribution in [0.1, 0.15) is 23.0 Å². The van der Waals surface area contributed by atoms with Crippen LogP contribution < -0.4 is 16.6 Å². The van der Waals surface area contributed by atoms with E-state index in [1.165, 1.54) is 13.1 Å². The van der Waals surface area contributed by atoms with Gasteiger partial charge < -0.3 is 10.1 Å². The summed E-state index contributed by atoms with van der Waals surface area (Å²) in [7, 11) is 1.41. The second-order valence-corrected chi connectivity index (χ2v) is 6.90. The molecule has 1 aromatic carbocycles. The number of benzene rings is 1. The molecule has 3 rings (SSSR count). The lowest BCUT2D eigenvalue weighted by atomic mass is 10.1. The second kappa shape index (κ2) is 8.50. The van der Waals surface area contributed by atoms with Gasteiger partial charge in [-0.25, -0.2) is 14.6 Å². The highest BCUT2D eigenvalue weighted by molar-refractivity contribution is 6.33. The van der Waals surface area contributed by atoms with Gasteiger partial charge in [-0.05, 0) is 32.0 Å². The first kappa shape index (κ1) is 21.3. The molecule has 0 radical (unpaired) electrons. The molecule has 0 aliphatic rings. The van der Waals surface area contributed by atoms with E-state index in [0.29, 0.717) is 16.4 Å². The molecular weight excluding hydrogens is 412 g/mol. The number of nitrogens with one attached hydrogen (secondary N) is 1. The highest BCUT2D eigenvalue weighted by Crippen LogP contribution is 2.20. The molecule has 1 N–H and O–H groups in total. The minimum atomic E-state index is -0.807. The molecule has 2 aromatic heterocycles. The van der Waals surface area contributed by atoms with Crippen LogP contribution >= 0.6 is 11.6 Å². The van der Waals surface area contributed by atoms with Gasteiger partial charge in [0.15, 0.2) is 0 Å². The third kappa shape index (κ3) is 3.97. The number of nitrogens with zero attached hydrogens (tertiary/aromatic N) is 3. The number of pyridine rings is 1. The maximum atomic E-state index is 13.1. The molecule has 3 aromatic rings. The largest absolute Gasteiger partial charge is 0.462 e. The molecule has 0 saturated carbocycles. The Morgan fingerprint density at radius 1 is 1.23 bits per heavy atom. The molecule has 30 heavy (non-hydrogen) atoms. The monoisotopic (exact) mass is 430 g/mol. The van der Waals surface area contributed by atoms with Crippen LogP contribution in [-0.4, -0.2) is 32.6 Å². The van der Waals surface area contributed by atoms with Gasteiger partial charge in [0, 0.05) is 12.7 Å². The number of hydrogen-bond acceptors (Lipinski definition) is 6. The van der Waals surface area contributed by atoms with Gasteiger partial charge in [-0.3, -0.25) is 18.7 Å². The number of para-hydroxylation sites is 1. The highest BCUT2D eigenvalue weighted by atomic mass is 35.5. The van der Waals surface area contributed by atoms with Crippen molar-refractivity contribution in [3.63, 3.8) is 0 Å². The van der Waals surface area contributed by atoms with Gasteiger partial charge in [-0.1, -0.05) is 23.7 Å². The van der Waals surface area contributed by atoms with Crippen LogP contribution in [0.5, 0.6) is 0 Å². The summed E-state index contributed by atoms with van der Waals surface area (Å²) in [4.78, 5) is 54.9. The van der Waals surface area contributed by atoms with Crippen molar-refractivity contribution in [2.75, 3.05) is 11.9 Å². The Morgan fingerprint density at radius 3 is 2.60 bits per heavy atom. The zero-order valence-corrected chi connectivity index (χ0v) is 17.3. The van der Waals surface area contributed by atoms with Crippen LogP contribution in [0.25, 0.3) is 11.0 Å². The van der Waals surface area contributed by atoms with E-state index in [9.17, 15) is 19.2 Å². The van der Waals surface area contributed by atoms with Crippen LogP contribution in [0.15, 0.2) is 39.9 Å². The number of carbonyl (C=O) groups excluding carboxylic acids is 2. The van der Waals surface area contributed by atoms with Crippen LogP contribution in [0.2, 0.25) is 5.02 Å². The molecule has 0 bridgehead atoms. The Bertz CT molecular complexity index is 1280. The van der Waals surface area contributed by atoms with Crippen molar-refractivity contribution in [3.05, 3.63) is 67.4 Å². The molecule has 0 saturated heterocycles. The molecule has 0 spiro atoms. The molecule has 2 heterocycles. The molecule has 10 heteroatoms. The van der Waals surface area contributed by atoms with Crippen molar-refractivity contribution < 1.29 is 14.3 Å². The normalized spacial score (nSPS) is 10.8. The molecule has 9 nitrogen and oxygen atoms in total. The van der Waals surface area contributed by atoms with Crippen LogP contribution in [0.3, 0.4) is 0 Å². The Kier molecular flexibility index (Phi) is 6.02. The van der Waals surface area contributed by atoms with Gasteiger partial charge >= 0.3 is 11.7 Å². The molecule has 0 aliphatic heterocycles. The summed E-state index contributed by atoms with van der Waals surface area (Å²) in [6, 6.07) is 7.99. The minimum Gasteiger partial charge on any atom is -0.462 e. The third-order valence-electron chi connectivity index (χ3n) is 4.37. The number of aromatic nitrogens is 3. The van der Waals surface area contributed by atoms with E-state index in [-0.39, 0.29) is 23.2 Å². The van der Waals surface area contributed by atoms with Gasteiger partial charge in [-0.2, -0.15) is 0 Å². The predicted molar refractivity (Wildman–Crippen MR) is 112 cm³/mol. The van der Waals surface area contributed by atoms with Gasteiger partial charge in [0.25, 0.3) is 5.56 Å². The Hall–Kier alpha value is -3.46. The van der Waals surface area contributed by atoms with Gasteiger partial charge in [0.05, 0.1) is 28.3 Å². The SMILES string of the molecule is CCOC(=O)c1cc(C)nc2c1c(=O)n(CC(=O)Nc1ccccc1Cl)c(=O)n2C. The zero-order chi connectivity index (χ0) is 22.0. The summed E-state index contributed by atoms with van der Waals surface area (Å²) in [6.45, 7) is 2.82. The summed E-state index contributed by atoms with van der Waals surface area (Å²) < 4.78 is 6.90. The number of fused-ring (bicyclic) bond motifs is 1. The molecule has 156 valence electrons. The number of hydrogen-bond donors (Lipinski definition) is 1. The summed E-state index contributed by atoms with van der Waals surface area (Å²) in [5.41, 5.74) is -0.739. The van der Waals surface area contributed by atoms with Gasteiger partial charge in [0.1, 0.15) is 12.2 Å². The van der Waals surface area contributed by atoms with Crippen molar-refractivity contribution in [2.45, 2.75) is 20.4 Å². The van der Waals surface area contributed by atoms with E-state index in [4.69, 9.17) is 16.3 Å². The van der Waals surface area contributed by atoms with Gasteiger partial charge in [0.2, 0.25) is 5.91 Å². The van der Waals surface area contributed by atoms with E-state index in [1.54, 1.807) is 38.1 Å². The van der Waals surface area contributed by atoms with E-state index < -0.39 is 29.7 Å². The van der Waals surface area contributed by atoms with E-state index >= 15 is 0 Å². The molecule has 0 fully saturated rings. The fourth-order valence-corrected chi connectivity index (χ4v) is 3.19. The first-order valence-electron chi connectivity index (χ1n) is 9.07. The minimum absolute atomic E-state index is 0.0137. The lowest BCUT2D eigenvalue weighted by molar-refractivity contribution is -0.116. The van der Waals surface area contributed by atoms with Crippen molar-refractivity contribution in [1.29, 1.82) is 0 Å². The van der Waals surface area contributed by atoms with Crippen LogP contribution in [-0.2, 0) is 23.1 Å². The number of ether oxygens (including phenoxy) is 1. The third-order valence-corrected chi connectivity index (χ3v) is 4.70. The van der Waals surface area contributed by atoms with Gasteiger partial charge in [-0.15, -0.1) is 0 Å². The standard InChI is InChI=1S/C20H19ClN4O5/c1-4-30-19(28)12-9-11(2)22-17-16(12)18(27)25(20(29)24(17)3)10-15(26)23-14-8-6-5-7-13(14)21/h5-9H,4,10H2,1-3H3,(H,23,26). The van der Waals surface area contributed by atoms with Crippen molar-refractivity contribution >= 4 is 40.2 Å². The Morgan fingerprint density at radius 2 is 1.93 bits per heavy atom. The summed E-state index contributed by atoms with van der Waals surface area (Å²) >= 11 is 6.03. The summed E-state index contributed by atoms with van der Waals surface area (Å²) in [5.74, 6) is -1.34. The molecular formula is C20H19ClN4O5. The number of carbonyl (C=O) groups is 2. The Balaban J connectivity index is 2.13. The number of anilines is 1. The zero-order valence-electron chi connectivity index (χ0n) is 16.6. The lowest BCUT2D eigenvalue weighted by Gasteiger charge is -2.13. The van der Waals surface area contributed by atoms with Crippen molar-refractivity contribution in [1.82, 2.24) is 14.1 Å². The smallest absolute Gasteiger partial charge is 0.339 e. The summed E-state index contributed by atoms with van der Waals surface area (Å²) in [6.07, 6.45) is 0. The highest BCUT2D eigenvalue weighted by Gasteiger charge is 2.22. The number of aryl methyl sites for hydroxylation is 2. The lowest BCUT2D eigenvalue weighted by Crippen LogP contribution is -2.42. The van der Waals surface area contributed by atoms with E-state index in [0.717, 1.165) is 9.13 Å². The summed E-state index contributed by atoms with van der Waals surface area (Å²) in [5, 5.41) is 2.78. The second-order valence-electron chi connectivity index (χ2n) is 6.49. The fraction of sp³-hybridized carbons (Fsp3) is 0.250. The molecule has 0 aliphatic carbocycles. The quantitative estimate of drug-likeness (QED) is 0.618. The number of amides is 1. The molecule has 0 atom stereocenters. The molecule has 0 unspecified atom stereocenters. The topological polar surface area (TPSA) is 112 Å². The van der Waals surface area contributed by atoms with Crippen LogP contribution in [0, 0.1) is 6.92 Å². The average Bonchev–Trinajstić information content (AvgIpc) is 2.70. The maximum absolute atomic E-state index is 13.1. The average molecular weight is 431 g/mol. The number of rotatable bonds is 5. The first-order valence-corrected chi connectivity index (χ1v) is 9.45.